The predicted molar refractivity (Wildman–Crippen MR) is 139 cm³/mol. The van der Waals surface area contributed by atoms with E-state index in [0.717, 1.165) is 18.8 Å². The van der Waals surface area contributed by atoms with E-state index < -0.39 is 15.9 Å². The standard InChI is InChI=1S/C25H26BrN3O4S/c1-4-29(5-2)21-12-10-20(11-13-21)28-34(32,33)22-8-6-7-18(15-22)25(31)27-24-14-9-19(26)16-23(24)17(3)30/h6-16,28H,4-5H2,1-3H3,(H,27,31). The van der Waals surface area contributed by atoms with Crippen molar-refractivity contribution in [2.24, 2.45) is 0 Å². The second-order valence-electron chi connectivity index (χ2n) is 7.55. The minimum atomic E-state index is -3.92. The van der Waals surface area contributed by atoms with Crippen LogP contribution in [0, 0.1) is 0 Å². The lowest BCUT2D eigenvalue weighted by Gasteiger charge is -2.21. The number of amides is 1. The summed E-state index contributed by atoms with van der Waals surface area (Å²) in [6.45, 7) is 7.22. The van der Waals surface area contributed by atoms with Gasteiger partial charge in [-0.1, -0.05) is 22.0 Å². The SMILES string of the molecule is CCN(CC)c1ccc(NS(=O)(=O)c2cccc(C(=O)Nc3ccc(Br)cc3C(C)=O)c2)cc1. The van der Waals surface area contributed by atoms with Crippen molar-refractivity contribution in [1.29, 1.82) is 0 Å². The van der Waals surface area contributed by atoms with E-state index in [0.29, 0.717) is 21.4 Å². The lowest BCUT2D eigenvalue weighted by Crippen LogP contribution is -2.21. The molecule has 2 N–H and O–H groups in total. The number of carbonyl (C=O) groups excluding carboxylic acids is 2. The molecule has 0 fully saturated rings. The fourth-order valence-electron chi connectivity index (χ4n) is 3.46. The molecule has 3 rings (SSSR count). The number of sulfonamides is 1. The van der Waals surface area contributed by atoms with Crippen molar-refractivity contribution < 1.29 is 18.0 Å². The summed E-state index contributed by atoms with van der Waals surface area (Å²) >= 11 is 3.31. The predicted octanol–water partition coefficient (Wildman–Crippen LogP) is 5.55. The number of anilines is 3. The lowest BCUT2D eigenvalue weighted by atomic mass is 10.1. The fourth-order valence-corrected chi connectivity index (χ4v) is 4.92. The van der Waals surface area contributed by atoms with Crippen LogP contribution >= 0.6 is 15.9 Å². The van der Waals surface area contributed by atoms with Crippen LogP contribution in [0.2, 0.25) is 0 Å². The minimum Gasteiger partial charge on any atom is -0.372 e. The van der Waals surface area contributed by atoms with E-state index in [-0.39, 0.29) is 16.2 Å². The van der Waals surface area contributed by atoms with Crippen molar-refractivity contribution in [1.82, 2.24) is 0 Å². The van der Waals surface area contributed by atoms with Crippen LogP contribution in [0.3, 0.4) is 0 Å². The Kier molecular flexibility index (Phi) is 8.11. The van der Waals surface area contributed by atoms with Gasteiger partial charge in [0, 0.05) is 40.1 Å². The van der Waals surface area contributed by atoms with E-state index in [1.807, 2.05) is 12.1 Å². The van der Waals surface area contributed by atoms with Crippen molar-refractivity contribution in [3.8, 4) is 0 Å². The lowest BCUT2D eigenvalue weighted by molar-refractivity contribution is 0.101. The molecule has 0 aliphatic heterocycles. The maximum atomic E-state index is 12.9. The van der Waals surface area contributed by atoms with E-state index in [9.17, 15) is 18.0 Å². The first kappa shape index (κ1) is 25.5. The molecule has 0 unspecified atom stereocenters. The van der Waals surface area contributed by atoms with Crippen LogP contribution in [0.5, 0.6) is 0 Å². The van der Waals surface area contributed by atoms with Gasteiger partial charge in [0.1, 0.15) is 0 Å². The molecule has 0 aliphatic rings. The normalized spacial score (nSPS) is 11.1. The van der Waals surface area contributed by atoms with Gasteiger partial charge in [0.25, 0.3) is 15.9 Å². The van der Waals surface area contributed by atoms with Gasteiger partial charge in [0.2, 0.25) is 0 Å². The number of hydrogen-bond donors (Lipinski definition) is 2. The Balaban J connectivity index is 1.80. The summed E-state index contributed by atoms with van der Waals surface area (Å²) in [5.41, 5.74) is 2.27. The number of Topliss-reactive ketones (excluding diaryl/α,β-unsaturated/α-hetero) is 1. The summed E-state index contributed by atoms with van der Waals surface area (Å²) in [6, 6.07) is 17.8. The summed E-state index contributed by atoms with van der Waals surface area (Å²) in [7, 11) is -3.92. The maximum Gasteiger partial charge on any atom is 0.261 e. The number of ketones is 1. The molecule has 0 spiro atoms. The molecule has 0 saturated heterocycles. The number of halogens is 1. The molecular formula is C25H26BrN3O4S. The maximum absolute atomic E-state index is 12.9. The Morgan fingerprint density at radius 3 is 2.24 bits per heavy atom. The van der Waals surface area contributed by atoms with E-state index >= 15 is 0 Å². The number of benzene rings is 3. The Hall–Kier alpha value is -3.17. The van der Waals surface area contributed by atoms with E-state index in [1.54, 1.807) is 30.3 Å². The molecule has 0 heterocycles. The zero-order chi connectivity index (χ0) is 24.9. The van der Waals surface area contributed by atoms with Gasteiger partial charge in [-0.2, -0.15) is 0 Å². The molecular weight excluding hydrogens is 518 g/mol. The number of hydrogen-bond acceptors (Lipinski definition) is 5. The van der Waals surface area contributed by atoms with Gasteiger partial charge in [-0.25, -0.2) is 8.42 Å². The van der Waals surface area contributed by atoms with Crippen LogP contribution in [0.4, 0.5) is 17.1 Å². The molecule has 0 atom stereocenters. The van der Waals surface area contributed by atoms with Crippen molar-refractivity contribution in [2.45, 2.75) is 25.7 Å². The quantitative estimate of drug-likeness (QED) is 0.345. The highest BCUT2D eigenvalue weighted by Crippen LogP contribution is 2.24. The highest BCUT2D eigenvalue weighted by molar-refractivity contribution is 9.10. The van der Waals surface area contributed by atoms with Gasteiger partial charge in [-0.3, -0.25) is 14.3 Å². The molecule has 0 radical (unpaired) electrons. The summed E-state index contributed by atoms with van der Waals surface area (Å²) in [4.78, 5) is 26.9. The van der Waals surface area contributed by atoms with Crippen LogP contribution in [-0.2, 0) is 10.0 Å². The molecule has 0 aromatic heterocycles. The second-order valence-corrected chi connectivity index (χ2v) is 10.2. The Bertz CT molecular complexity index is 1300. The number of rotatable bonds is 9. The van der Waals surface area contributed by atoms with Crippen molar-refractivity contribution in [3.63, 3.8) is 0 Å². The highest BCUT2D eigenvalue weighted by Gasteiger charge is 2.18. The number of nitrogens with zero attached hydrogens (tertiary/aromatic N) is 1. The Morgan fingerprint density at radius 2 is 1.62 bits per heavy atom. The molecule has 0 aliphatic carbocycles. The first-order valence-electron chi connectivity index (χ1n) is 10.7. The number of carbonyl (C=O) groups is 2. The molecule has 178 valence electrons. The third-order valence-corrected chi connectivity index (χ3v) is 7.14. The van der Waals surface area contributed by atoms with Crippen molar-refractivity contribution >= 4 is 54.7 Å². The van der Waals surface area contributed by atoms with Gasteiger partial charge in [0.05, 0.1) is 10.6 Å². The second kappa shape index (κ2) is 10.8. The zero-order valence-electron chi connectivity index (χ0n) is 19.1. The van der Waals surface area contributed by atoms with E-state index in [2.05, 4.69) is 44.7 Å². The van der Waals surface area contributed by atoms with Gasteiger partial charge in [0.15, 0.2) is 5.78 Å². The molecule has 34 heavy (non-hydrogen) atoms. The smallest absolute Gasteiger partial charge is 0.261 e. The fraction of sp³-hybridized carbons (Fsp3) is 0.200. The molecule has 3 aromatic carbocycles. The van der Waals surface area contributed by atoms with Crippen LogP contribution in [0.15, 0.2) is 76.1 Å². The molecule has 9 heteroatoms. The van der Waals surface area contributed by atoms with Crippen LogP contribution in [0.25, 0.3) is 0 Å². The van der Waals surface area contributed by atoms with Crippen molar-refractivity contribution in [2.75, 3.05) is 28.0 Å². The first-order valence-corrected chi connectivity index (χ1v) is 13.0. The average Bonchev–Trinajstić information content (AvgIpc) is 2.82. The van der Waals surface area contributed by atoms with E-state index in [1.165, 1.54) is 31.2 Å². The van der Waals surface area contributed by atoms with Crippen LogP contribution < -0.4 is 14.9 Å². The third kappa shape index (κ3) is 6.03. The molecule has 7 nitrogen and oxygen atoms in total. The molecule has 0 saturated carbocycles. The number of nitrogens with one attached hydrogen (secondary N) is 2. The Morgan fingerprint density at radius 1 is 0.941 bits per heavy atom. The molecule has 3 aromatic rings. The molecule has 0 bridgehead atoms. The van der Waals surface area contributed by atoms with Gasteiger partial charge in [-0.05, 0) is 81.4 Å². The average molecular weight is 544 g/mol. The van der Waals surface area contributed by atoms with Crippen LogP contribution in [0.1, 0.15) is 41.5 Å². The molecule has 1 amide bonds. The summed E-state index contributed by atoms with van der Waals surface area (Å²) in [5, 5.41) is 2.69. The van der Waals surface area contributed by atoms with Crippen molar-refractivity contribution in [3.05, 3.63) is 82.3 Å². The zero-order valence-corrected chi connectivity index (χ0v) is 21.5. The monoisotopic (exact) mass is 543 g/mol. The highest BCUT2D eigenvalue weighted by atomic mass is 79.9. The van der Waals surface area contributed by atoms with Gasteiger partial charge in [-0.15, -0.1) is 0 Å². The Labute approximate surface area is 208 Å². The van der Waals surface area contributed by atoms with Gasteiger partial charge >= 0.3 is 0 Å². The van der Waals surface area contributed by atoms with Gasteiger partial charge < -0.3 is 10.2 Å². The summed E-state index contributed by atoms with van der Waals surface area (Å²) < 4.78 is 29.2. The summed E-state index contributed by atoms with van der Waals surface area (Å²) in [5.74, 6) is -0.727. The largest absolute Gasteiger partial charge is 0.372 e. The topological polar surface area (TPSA) is 95.6 Å². The summed E-state index contributed by atoms with van der Waals surface area (Å²) in [6.07, 6.45) is 0. The van der Waals surface area contributed by atoms with Crippen LogP contribution in [-0.4, -0.2) is 33.2 Å². The third-order valence-electron chi connectivity index (χ3n) is 5.26. The first-order chi connectivity index (χ1) is 16.1. The van der Waals surface area contributed by atoms with E-state index in [4.69, 9.17) is 0 Å². The minimum absolute atomic E-state index is 0.0458.